The summed E-state index contributed by atoms with van der Waals surface area (Å²) in [6, 6.07) is 13.3. The molecule has 1 atom stereocenters. The van der Waals surface area contributed by atoms with Gasteiger partial charge >= 0.3 is 0 Å². The van der Waals surface area contributed by atoms with Crippen LogP contribution in [0.4, 0.5) is 5.82 Å². The zero-order valence-electron chi connectivity index (χ0n) is 16.4. The van der Waals surface area contributed by atoms with Gasteiger partial charge in [0, 0.05) is 32.4 Å². The average molecular weight is 388 g/mol. The number of hydrogen-bond acceptors (Lipinski definition) is 4. The Kier molecular flexibility index (Phi) is 6.17. The van der Waals surface area contributed by atoms with E-state index in [2.05, 4.69) is 23.7 Å². The maximum Gasteiger partial charge on any atom is 0.243 e. The van der Waals surface area contributed by atoms with Gasteiger partial charge in [0.1, 0.15) is 5.82 Å². The van der Waals surface area contributed by atoms with Crippen LogP contribution >= 0.6 is 0 Å². The molecule has 146 valence electrons. The lowest BCUT2D eigenvalue weighted by atomic mass is 9.99. The Labute approximate surface area is 163 Å². The second-order valence-corrected chi connectivity index (χ2v) is 9.30. The number of aromatic nitrogens is 1. The van der Waals surface area contributed by atoms with Crippen molar-refractivity contribution in [2.24, 2.45) is 0 Å². The Morgan fingerprint density at radius 2 is 1.81 bits per heavy atom. The number of sulfonamides is 1. The predicted molar refractivity (Wildman–Crippen MR) is 110 cm³/mol. The first-order valence-corrected chi connectivity index (χ1v) is 11.1. The SMILES string of the molecule is CCC(C)c1ccc(S(=O)(=O)N(C)C2CCN(c3ccccn3)CC2)cc1. The summed E-state index contributed by atoms with van der Waals surface area (Å²) < 4.78 is 27.6. The van der Waals surface area contributed by atoms with Crippen molar-refractivity contribution in [3.8, 4) is 0 Å². The van der Waals surface area contributed by atoms with Gasteiger partial charge in [0.25, 0.3) is 0 Å². The summed E-state index contributed by atoms with van der Waals surface area (Å²) in [6.07, 6.45) is 4.44. The van der Waals surface area contributed by atoms with E-state index in [9.17, 15) is 8.42 Å². The molecule has 2 heterocycles. The number of benzene rings is 1. The van der Waals surface area contributed by atoms with Gasteiger partial charge in [0.15, 0.2) is 0 Å². The van der Waals surface area contributed by atoms with Gasteiger partial charge in [0.2, 0.25) is 10.0 Å². The maximum atomic E-state index is 13.0. The third-order valence-corrected chi connectivity index (χ3v) is 7.61. The molecule has 0 radical (unpaired) electrons. The average Bonchev–Trinajstić information content (AvgIpc) is 2.73. The number of nitrogens with zero attached hydrogens (tertiary/aromatic N) is 3. The smallest absolute Gasteiger partial charge is 0.243 e. The zero-order chi connectivity index (χ0) is 19.4. The molecule has 5 nitrogen and oxygen atoms in total. The fourth-order valence-corrected chi connectivity index (χ4v) is 4.98. The van der Waals surface area contributed by atoms with Gasteiger partial charge in [-0.25, -0.2) is 13.4 Å². The third-order valence-electron chi connectivity index (χ3n) is 5.69. The number of piperidine rings is 1. The molecule has 1 fully saturated rings. The highest BCUT2D eigenvalue weighted by Gasteiger charge is 2.31. The van der Waals surface area contributed by atoms with Crippen LogP contribution in [-0.4, -0.2) is 43.9 Å². The van der Waals surface area contributed by atoms with Crippen molar-refractivity contribution in [2.45, 2.75) is 50.0 Å². The summed E-state index contributed by atoms with van der Waals surface area (Å²) in [5.41, 5.74) is 1.18. The molecule has 1 saturated heterocycles. The Balaban J connectivity index is 1.67. The second-order valence-electron chi connectivity index (χ2n) is 7.31. The lowest BCUT2D eigenvalue weighted by Gasteiger charge is -2.36. The molecule has 0 N–H and O–H groups in total. The Bertz CT molecular complexity index is 829. The van der Waals surface area contributed by atoms with Gasteiger partial charge in [-0.3, -0.25) is 0 Å². The van der Waals surface area contributed by atoms with E-state index in [1.54, 1.807) is 29.7 Å². The van der Waals surface area contributed by atoms with Gasteiger partial charge < -0.3 is 4.90 Å². The van der Waals surface area contributed by atoms with Crippen LogP contribution in [0.1, 0.15) is 44.6 Å². The normalized spacial score (nSPS) is 17.3. The third kappa shape index (κ3) is 4.33. The fourth-order valence-electron chi connectivity index (χ4n) is 3.57. The molecule has 1 aromatic carbocycles. The minimum absolute atomic E-state index is 0.0178. The highest BCUT2D eigenvalue weighted by atomic mass is 32.2. The molecular weight excluding hydrogens is 358 g/mol. The first-order valence-electron chi connectivity index (χ1n) is 9.67. The second kappa shape index (κ2) is 8.40. The lowest BCUT2D eigenvalue weighted by Crippen LogP contribution is -2.45. The number of rotatable bonds is 6. The molecular formula is C21H29N3O2S. The van der Waals surface area contributed by atoms with Crippen molar-refractivity contribution in [3.63, 3.8) is 0 Å². The zero-order valence-corrected chi connectivity index (χ0v) is 17.2. The van der Waals surface area contributed by atoms with Gasteiger partial charge in [0.05, 0.1) is 4.90 Å². The summed E-state index contributed by atoms with van der Waals surface area (Å²) >= 11 is 0. The molecule has 3 rings (SSSR count). The van der Waals surface area contributed by atoms with Crippen molar-refractivity contribution < 1.29 is 8.42 Å². The number of pyridine rings is 1. The van der Waals surface area contributed by atoms with E-state index in [0.717, 1.165) is 38.2 Å². The highest BCUT2D eigenvalue weighted by Crippen LogP contribution is 2.26. The molecule has 0 saturated carbocycles. The van der Waals surface area contributed by atoms with E-state index in [1.165, 1.54) is 5.56 Å². The van der Waals surface area contributed by atoms with Gasteiger partial charge in [-0.1, -0.05) is 32.0 Å². The molecule has 1 aliphatic rings. The molecule has 0 amide bonds. The van der Waals surface area contributed by atoms with Gasteiger partial charge in [-0.05, 0) is 55.0 Å². The van der Waals surface area contributed by atoms with Crippen LogP contribution in [0.2, 0.25) is 0 Å². The summed E-state index contributed by atoms with van der Waals surface area (Å²) in [7, 11) is -1.76. The Morgan fingerprint density at radius 1 is 1.15 bits per heavy atom. The lowest BCUT2D eigenvalue weighted by molar-refractivity contribution is 0.311. The molecule has 1 aliphatic heterocycles. The van der Waals surface area contributed by atoms with E-state index in [0.29, 0.717) is 10.8 Å². The molecule has 27 heavy (non-hydrogen) atoms. The standard InChI is InChI=1S/C21H29N3O2S/c1-4-17(2)18-8-10-20(11-9-18)27(25,26)23(3)19-12-15-24(16-13-19)21-7-5-6-14-22-21/h5-11,14,17,19H,4,12-13,15-16H2,1-3H3. The van der Waals surface area contributed by atoms with E-state index >= 15 is 0 Å². The van der Waals surface area contributed by atoms with Crippen molar-refractivity contribution in [1.29, 1.82) is 0 Å². The monoisotopic (exact) mass is 387 g/mol. The van der Waals surface area contributed by atoms with Crippen LogP contribution in [0.15, 0.2) is 53.6 Å². The van der Waals surface area contributed by atoms with Crippen molar-refractivity contribution in [2.75, 3.05) is 25.0 Å². The molecule has 0 spiro atoms. The summed E-state index contributed by atoms with van der Waals surface area (Å²) in [5, 5.41) is 0. The van der Waals surface area contributed by atoms with E-state index in [-0.39, 0.29) is 6.04 Å². The predicted octanol–water partition coefficient (Wildman–Crippen LogP) is 3.88. The van der Waals surface area contributed by atoms with Crippen molar-refractivity contribution >= 4 is 15.8 Å². The van der Waals surface area contributed by atoms with E-state index in [4.69, 9.17) is 0 Å². The van der Waals surface area contributed by atoms with E-state index < -0.39 is 10.0 Å². The van der Waals surface area contributed by atoms with Gasteiger partial charge in [-0.2, -0.15) is 4.31 Å². The summed E-state index contributed by atoms with van der Waals surface area (Å²) in [6.45, 7) is 5.93. The van der Waals surface area contributed by atoms with Gasteiger partial charge in [-0.15, -0.1) is 0 Å². The summed E-state index contributed by atoms with van der Waals surface area (Å²) in [5.74, 6) is 1.40. The first kappa shape index (κ1) is 19.8. The Morgan fingerprint density at radius 3 is 2.37 bits per heavy atom. The number of anilines is 1. The molecule has 0 bridgehead atoms. The van der Waals surface area contributed by atoms with Crippen LogP contribution in [0, 0.1) is 0 Å². The molecule has 6 heteroatoms. The summed E-state index contributed by atoms with van der Waals surface area (Å²) in [4.78, 5) is 6.99. The maximum absolute atomic E-state index is 13.0. The number of hydrogen-bond donors (Lipinski definition) is 0. The molecule has 2 aromatic rings. The molecule has 1 aromatic heterocycles. The quantitative estimate of drug-likeness (QED) is 0.755. The minimum Gasteiger partial charge on any atom is -0.357 e. The van der Waals surface area contributed by atoms with Crippen LogP contribution in [0.3, 0.4) is 0 Å². The van der Waals surface area contributed by atoms with Crippen molar-refractivity contribution in [3.05, 3.63) is 54.2 Å². The van der Waals surface area contributed by atoms with Crippen LogP contribution in [0.25, 0.3) is 0 Å². The van der Waals surface area contributed by atoms with E-state index in [1.807, 2.05) is 30.3 Å². The van der Waals surface area contributed by atoms with Crippen LogP contribution < -0.4 is 4.90 Å². The molecule has 0 aliphatic carbocycles. The topological polar surface area (TPSA) is 53.5 Å². The Hall–Kier alpha value is -1.92. The first-order chi connectivity index (χ1) is 12.9. The van der Waals surface area contributed by atoms with Crippen molar-refractivity contribution in [1.82, 2.24) is 9.29 Å². The van der Waals surface area contributed by atoms with Crippen LogP contribution in [0.5, 0.6) is 0 Å². The van der Waals surface area contributed by atoms with Crippen LogP contribution in [-0.2, 0) is 10.0 Å². The fraction of sp³-hybridized carbons (Fsp3) is 0.476. The molecule has 1 unspecified atom stereocenters. The largest absolute Gasteiger partial charge is 0.357 e. The minimum atomic E-state index is -3.47. The highest BCUT2D eigenvalue weighted by molar-refractivity contribution is 7.89.